The van der Waals surface area contributed by atoms with E-state index in [1.807, 2.05) is 0 Å². The molecule has 0 radical (unpaired) electrons. The highest BCUT2D eigenvalue weighted by molar-refractivity contribution is 7.89. The number of nitrogens with zero attached hydrogens (tertiary/aromatic N) is 1. The fourth-order valence-corrected chi connectivity index (χ4v) is 3.52. The normalized spacial score (nSPS) is 18.1. The second kappa shape index (κ2) is 4.36. The van der Waals surface area contributed by atoms with Crippen LogP contribution in [0.3, 0.4) is 0 Å². The molecule has 1 heterocycles. The van der Waals surface area contributed by atoms with E-state index in [9.17, 15) is 12.8 Å². The van der Waals surface area contributed by atoms with Crippen LogP contribution in [-0.2, 0) is 10.0 Å². The third-order valence-electron chi connectivity index (χ3n) is 2.89. The van der Waals surface area contributed by atoms with Crippen molar-refractivity contribution < 1.29 is 17.9 Å². The fourth-order valence-electron chi connectivity index (χ4n) is 1.78. The Labute approximate surface area is 99.7 Å². The molecule has 1 aromatic carbocycles. The molecular weight excluding hydrogens is 245 g/mol. The standard InChI is InChI=1S/C11H14FNO3S/c1-8-2-3-10(12)11(4-8)17(15,16)13-5-9(6-13)7-14/h2-4,9,14H,5-7H2,1H3. The zero-order chi connectivity index (χ0) is 12.6. The van der Waals surface area contributed by atoms with Crippen LogP contribution >= 0.6 is 0 Å². The Balaban J connectivity index is 2.30. The summed E-state index contributed by atoms with van der Waals surface area (Å²) in [5.41, 5.74) is 0.698. The molecule has 0 aliphatic carbocycles. The highest BCUT2D eigenvalue weighted by Gasteiger charge is 2.37. The monoisotopic (exact) mass is 259 g/mol. The maximum absolute atomic E-state index is 13.5. The molecule has 0 saturated carbocycles. The molecule has 17 heavy (non-hydrogen) atoms. The first-order valence-electron chi connectivity index (χ1n) is 5.32. The van der Waals surface area contributed by atoms with Crippen LogP contribution in [-0.4, -0.2) is 37.5 Å². The van der Waals surface area contributed by atoms with Gasteiger partial charge in [0.1, 0.15) is 10.7 Å². The summed E-state index contributed by atoms with van der Waals surface area (Å²) >= 11 is 0. The first kappa shape index (κ1) is 12.5. The molecule has 0 amide bonds. The Morgan fingerprint density at radius 2 is 2.12 bits per heavy atom. The van der Waals surface area contributed by atoms with Crippen LogP contribution < -0.4 is 0 Å². The number of rotatable bonds is 3. The van der Waals surface area contributed by atoms with E-state index in [-0.39, 0.29) is 30.5 Å². The average Bonchev–Trinajstić information content (AvgIpc) is 2.19. The van der Waals surface area contributed by atoms with E-state index < -0.39 is 15.8 Å². The molecule has 0 unspecified atom stereocenters. The summed E-state index contributed by atoms with van der Waals surface area (Å²) in [6.07, 6.45) is 0. The number of aryl methyl sites for hydroxylation is 1. The van der Waals surface area contributed by atoms with Gasteiger partial charge >= 0.3 is 0 Å². The smallest absolute Gasteiger partial charge is 0.246 e. The average molecular weight is 259 g/mol. The lowest BCUT2D eigenvalue weighted by atomic mass is 10.1. The van der Waals surface area contributed by atoms with Crippen molar-refractivity contribution in [2.45, 2.75) is 11.8 Å². The van der Waals surface area contributed by atoms with Gasteiger partial charge in [0, 0.05) is 25.6 Å². The van der Waals surface area contributed by atoms with Crippen LogP contribution in [0.5, 0.6) is 0 Å². The molecule has 0 spiro atoms. The number of aliphatic hydroxyl groups is 1. The first-order chi connectivity index (χ1) is 7.95. The predicted octanol–water partition coefficient (Wildman–Crippen LogP) is 0.747. The Bertz CT molecular complexity index is 524. The Morgan fingerprint density at radius 1 is 1.47 bits per heavy atom. The van der Waals surface area contributed by atoms with Crippen LogP contribution in [0, 0.1) is 18.7 Å². The molecule has 1 aliphatic rings. The minimum atomic E-state index is -3.75. The molecule has 4 nitrogen and oxygen atoms in total. The van der Waals surface area contributed by atoms with Crippen molar-refractivity contribution >= 4 is 10.0 Å². The van der Waals surface area contributed by atoms with Crippen molar-refractivity contribution in [2.24, 2.45) is 5.92 Å². The van der Waals surface area contributed by atoms with E-state index in [4.69, 9.17) is 5.11 Å². The topological polar surface area (TPSA) is 57.6 Å². The number of aliphatic hydroxyl groups excluding tert-OH is 1. The highest BCUT2D eigenvalue weighted by atomic mass is 32.2. The minimum absolute atomic E-state index is 0.0300. The Morgan fingerprint density at radius 3 is 2.71 bits per heavy atom. The van der Waals surface area contributed by atoms with E-state index >= 15 is 0 Å². The van der Waals surface area contributed by atoms with Crippen molar-refractivity contribution in [3.63, 3.8) is 0 Å². The van der Waals surface area contributed by atoms with Gasteiger partial charge in [-0.15, -0.1) is 0 Å². The second-order valence-electron chi connectivity index (χ2n) is 4.30. The summed E-state index contributed by atoms with van der Waals surface area (Å²) in [6, 6.07) is 4.02. The van der Waals surface area contributed by atoms with Gasteiger partial charge in [0.15, 0.2) is 0 Å². The van der Waals surface area contributed by atoms with Crippen molar-refractivity contribution in [1.82, 2.24) is 4.31 Å². The molecule has 6 heteroatoms. The fraction of sp³-hybridized carbons (Fsp3) is 0.455. The maximum atomic E-state index is 13.5. The van der Waals surface area contributed by atoms with Gasteiger partial charge in [0.2, 0.25) is 10.0 Å². The summed E-state index contributed by atoms with van der Waals surface area (Å²) < 4.78 is 38.8. The molecule has 1 aromatic rings. The first-order valence-corrected chi connectivity index (χ1v) is 6.76. The van der Waals surface area contributed by atoms with E-state index in [0.717, 1.165) is 6.07 Å². The van der Waals surface area contributed by atoms with Gasteiger partial charge in [-0.05, 0) is 24.6 Å². The summed E-state index contributed by atoms with van der Waals surface area (Å²) in [5.74, 6) is -0.763. The summed E-state index contributed by atoms with van der Waals surface area (Å²) in [5, 5.41) is 8.84. The van der Waals surface area contributed by atoms with Crippen LogP contribution in [0.15, 0.2) is 23.1 Å². The Kier molecular flexibility index (Phi) is 3.20. The van der Waals surface area contributed by atoms with Crippen molar-refractivity contribution in [3.8, 4) is 0 Å². The number of hydrogen-bond donors (Lipinski definition) is 1. The molecule has 2 rings (SSSR count). The zero-order valence-corrected chi connectivity index (χ0v) is 10.2. The van der Waals surface area contributed by atoms with Gasteiger partial charge in [0.25, 0.3) is 0 Å². The number of sulfonamides is 1. The van der Waals surface area contributed by atoms with Gasteiger partial charge in [-0.3, -0.25) is 0 Å². The molecule has 1 fully saturated rings. The molecule has 1 N–H and O–H groups in total. The number of halogens is 1. The summed E-state index contributed by atoms with van der Waals surface area (Å²) in [6.45, 7) is 2.19. The van der Waals surface area contributed by atoms with Crippen molar-refractivity contribution in [2.75, 3.05) is 19.7 Å². The molecule has 0 aromatic heterocycles. The minimum Gasteiger partial charge on any atom is -0.396 e. The third kappa shape index (κ3) is 2.20. The molecule has 94 valence electrons. The molecule has 0 atom stereocenters. The van der Waals surface area contributed by atoms with Crippen molar-refractivity contribution in [1.29, 1.82) is 0 Å². The lowest BCUT2D eigenvalue weighted by Gasteiger charge is -2.36. The van der Waals surface area contributed by atoms with Crippen molar-refractivity contribution in [3.05, 3.63) is 29.6 Å². The van der Waals surface area contributed by atoms with Crippen LogP contribution in [0.2, 0.25) is 0 Å². The second-order valence-corrected chi connectivity index (χ2v) is 6.21. The van der Waals surface area contributed by atoms with E-state index in [1.54, 1.807) is 6.92 Å². The third-order valence-corrected chi connectivity index (χ3v) is 4.73. The predicted molar refractivity (Wildman–Crippen MR) is 60.5 cm³/mol. The Hall–Kier alpha value is -0.980. The van der Waals surface area contributed by atoms with Crippen LogP contribution in [0.1, 0.15) is 5.56 Å². The maximum Gasteiger partial charge on any atom is 0.246 e. The number of benzene rings is 1. The van der Waals surface area contributed by atoms with Gasteiger partial charge in [0.05, 0.1) is 0 Å². The van der Waals surface area contributed by atoms with Gasteiger partial charge in [-0.2, -0.15) is 4.31 Å². The van der Waals surface area contributed by atoms with E-state index in [1.165, 1.54) is 16.4 Å². The van der Waals surface area contributed by atoms with Gasteiger partial charge in [-0.25, -0.2) is 12.8 Å². The zero-order valence-electron chi connectivity index (χ0n) is 9.43. The SMILES string of the molecule is Cc1ccc(F)c(S(=O)(=O)N2CC(CO)C2)c1. The molecular formula is C11H14FNO3S. The number of hydrogen-bond acceptors (Lipinski definition) is 3. The lowest BCUT2D eigenvalue weighted by molar-refractivity contribution is 0.117. The lowest BCUT2D eigenvalue weighted by Crippen LogP contribution is -2.51. The van der Waals surface area contributed by atoms with E-state index in [2.05, 4.69) is 0 Å². The van der Waals surface area contributed by atoms with Gasteiger partial charge < -0.3 is 5.11 Å². The van der Waals surface area contributed by atoms with E-state index in [0.29, 0.717) is 5.56 Å². The summed E-state index contributed by atoms with van der Waals surface area (Å²) in [7, 11) is -3.75. The largest absolute Gasteiger partial charge is 0.396 e. The molecule has 1 aliphatic heterocycles. The quantitative estimate of drug-likeness (QED) is 0.871. The molecule has 1 saturated heterocycles. The van der Waals surface area contributed by atoms with Crippen LogP contribution in [0.25, 0.3) is 0 Å². The highest BCUT2D eigenvalue weighted by Crippen LogP contribution is 2.26. The molecule has 0 bridgehead atoms. The van der Waals surface area contributed by atoms with Crippen LogP contribution in [0.4, 0.5) is 4.39 Å². The summed E-state index contributed by atoms with van der Waals surface area (Å²) in [4.78, 5) is -0.283. The van der Waals surface area contributed by atoms with Gasteiger partial charge in [-0.1, -0.05) is 6.07 Å².